The van der Waals surface area contributed by atoms with Gasteiger partial charge in [0.15, 0.2) is 0 Å². The molecule has 1 aromatic heterocycles. The van der Waals surface area contributed by atoms with Gasteiger partial charge < -0.3 is 5.32 Å². The summed E-state index contributed by atoms with van der Waals surface area (Å²) in [6, 6.07) is 39.5. The zero-order valence-electron chi connectivity index (χ0n) is 17.4. The summed E-state index contributed by atoms with van der Waals surface area (Å²) < 4.78 is 2.00. The molecule has 0 fully saturated rings. The average molecular weight is 402 g/mol. The number of para-hydroxylation sites is 1. The lowest BCUT2D eigenvalue weighted by atomic mass is 10.0. The molecular formula is C28H23N3. The van der Waals surface area contributed by atoms with E-state index in [1.54, 1.807) is 0 Å². The van der Waals surface area contributed by atoms with Crippen LogP contribution in [0.2, 0.25) is 0 Å². The first-order valence-corrected chi connectivity index (χ1v) is 10.4. The molecule has 0 aliphatic carbocycles. The molecule has 4 aromatic carbocycles. The maximum absolute atomic E-state index is 5.09. The molecule has 0 radical (unpaired) electrons. The number of aromatic nitrogens is 2. The van der Waals surface area contributed by atoms with E-state index in [9.17, 15) is 0 Å². The highest BCUT2D eigenvalue weighted by Crippen LogP contribution is 2.40. The third-order valence-electron chi connectivity index (χ3n) is 5.31. The van der Waals surface area contributed by atoms with Crippen LogP contribution in [-0.2, 0) is 0 Å². The normalized spacial score (nSPS) is 10.7. The lowest BCUT2D eigenvalue weighted by molar-refractivity contribution is 0.892. The lowest BCUT2D eigenvalue weighted by Gasteiger charge is -2.13. The van der Waals surface area contributed by atoms with E-state index in [2.05, 4.69) is 97.2 Å². The fourth-order valence-corrected chi connectivity index (χ4v) is 3.74. The molecule has 0 spiro atoms. The van der Waals surface area contributed by atoms with Crippen molar-refractivity contribution in [1.29, 1.82) is 0 Å². The Hall–Kier alpha value is -4.11. The largest absolute Gasteiger partial charge is 0.340 e. The summed E-state index contributed by atoms with van der Waals surface area (Å²) in [5.74, 6) is 0.945. The lowest BCUT2D eigenvalue weighted by Crippen LogP contribution is -2.03. The fraction of sp³-hybridized carbons (Fsp3) is 0.0357. The number of nitrogens with one attached hydrogen (secondary N) is 1. The van der Waals surface area contributed by atoms with Crippen LogP contribution in [0.1, 0.15) is 5.56 Å². The molecule has 0 saturated heterocycles. The molecule has 3 heteroatoms. The van der Waals surface area contributed by atoms with Gasteiger partial charge >= 0.3 is 0 Å². The van der Waals surface area contributed by atoms with E-state index in [1.807, 2.05) is 35.0 Å². The molecule has 31 heavy (non-hydrogen) atoms. The molecule has 0 bridgehead atoms. The molecule has 5 rings (SSSR count). The topological polar surface area (TPSA) is 29.9 Å². The van der Waals surface area contributed by atoms with Crippen molar-refractivity contribution in [3.63, 3.8) is 0 Å². The molecule has 3 nitrogen and oxygen atoms in total. The SMILES string of the molecule is Cc1ccc(Nc2c(-c3ccccc3)c(-c3ccccc3)nn2-c2ccccc2)cc1. The van der Waals surface area contributed by atoms with Crippen LogP contribution in [0.15, 0.2) is 115 Å². The predicted molar refractivity (Wildman–Crippen MR) is 129 cm³/mol. The molecule has 0 aliphatic heterocycles. The second-order valence-corrected chi connectivity index (χ2v) is 7.54. The molecule has 0 saturated carbocycles. The maximum atomic E-state index is 5.09. The van der Waals surface area contributed by atoms with Gasteiger partial charge in [0, 0.05) is 11.3 Å². The van der Waals surface area contributed by atoms with Crippen molar-refractivity contribution < 1.29 is 0 Å². The van der Waals surface area contributed by atoms with E-state index in [0.717, 1.165) is 39.6 Å². The van der Waals surface area contributed by atoms with Gasteiger partial charge in [-0.2, -0.15) is 5.10 Å². The fourth-order valence-electron chi connectivity index (χ4n) is 3.74. The Labute approximate surface area is 182 Å². The highest BCUT2D eigenvalue weighted by Gasteiger charge is 2.21. The highest BCUT2D eigenvalue weighted by molar-refractivity contribution is 5.91. The Morgan fingerprint density at radius 2 is 1.16 bits per heavy atom. The van der Waals surface area contributed by atoms with Crippen molar-refractivity contribution in [1.82, 2.24) is 9.78 Å². The van der Waals surface area contributed by atoms with Gasteiger partial charge in [-0.3, -0.25) is 0 Å². The van der Waals surface area contributed by atoms with Gasteiger partial charge in [-0.05, 0) is 36.8 Å². The number of benzene rings is 4. The average Bonchev–Trinajstić information content (AvgIpc) is 3.21. The monoisotopic (exact) mass is 401 g/mol. The first-order chi connectivity index (χ1) is 15.3. The highest BCUT2D eigenvalue weighted by atomic mass is 15.3. The number of anilines is 2. The van der Waals surface area contributed by atoms with Crippen LogP contribution in [0.25, 0.3) is 28.1 Å². The second kappa shape index (κ2) is 8.33. The molecular weight excluding hydrogens is 378 g/mol. The van der Waals surface area contributed by atoms with E-state index < -0.39 is 0 Å². The minimum atomic E-state index is 0.945. The molecule has 0 unspecified atom stereocenters. The first kappa shape index (κ1) is 18.9. The minimum Gasteiger partial charge on any atom is -0.340 e. The summed E-state index contributed by atoms with van der Waals surface area (Å²) in [7, 11) is 0. The molecule has 1 N–H and O–H groups in total. The van der Waals surface area contributed by atoms with Crippen LogP contribution in [0.5, 0.6) is 0 Å². The van der Waals surface area contributed by atoms with Crippen molar-refractivity contribution in [3.8, 4) is 28.1 Å². The Bertz CT molecular complexity index is 1270. The van der Waals surface area contributed by atoms with Gasteiger partial charge in [-0.25, -0.2) is 4.68 Å². The van der Waals surface area contributed by atoms with Crippen molar-refractivity contribution in [2.45, 2.75) is 6.92 Å². The van der Waals surface area contributed by atoms with E-state index in [0.29, 0.717) is 0 Å². The van der Waals surface area contributed by atoms with E-state index in [4.69, 9.17) is 5.10 Å². The third-order valence-corrected chi connectivity index (χ3v) is 5.31. The second-order valence-electron chi connectivity index (χ2n) is 7.54. The van der Waals surface area contributed by atoms with Gasteiger partial charge in [0.2, 0.25) is 0 Å². The van der Waals surface area contributed by atoms with Crippen LogP contribution >= 0.6 is 0 Å². The molecule has 0 aliphatic rings. The number of nitrogens with zero attached hydrogens (tertiary/aromatic N) is 2. The van der Waals surface area contributed by atoms with E-state index in [-0.39, 0.29) is 0 Å². The standard InChI is InChI=1S/C28H23N3/c1-21-17-19-24(20-18-21)29-28-26(22-11-5-2-6-12-22)27(23-13-7-3-8-14-23)30-31(28)25-15-9-4-10-16-25/h2-20,29H,1H3. The Balaban J connectivity index is 1.78. The van der Waals surface area contributed by atoms with E-state index in [1.165, 1.54) is 5.56 Å². The summed E-state index contributed by atoms with van der Waals surface area (Å²) in [6.07, 6.45) is 0. The Morgan fingerprint density at radius 3 is 1.77 bits per heavy atom. The summed E-state index contributed by atoms with van der Waals surface area (Å²) >= 11 is 0. The predicted octanol–water partition coefficient (Wildman–Crippen LogP) is 7.26. The number of hydrogen-bond donors (Lipinski definition) is 1. The van der Waals surface area contributed by atoms with E-state index >= 15 is 0 Å². The summed E-state index contributed by atoms with van der Waals surface area (Å²) in [5, 5.41) is 8.75. The van der Waals surface area contributed by atoms with Gasteiger partial charge in [0.25, 0.3) is 0 Å². The van der Waals surface area contributed by atoms with Gasteiger partial charge in [0.1, 0.15) is 11.5 Å². The zero-order valence-corrected chi connectivity index (χ0v) is 17.4. The van der Waals surface area contributed by atoms with Crippen molar-refractivity contribution >= 4 is 11.5 Å². The molecule has 5 aromatic rings. The molecule has 0 amide bonds. The van der Waals surface area contributed by atoms with Crippen LogP contribution in [0.3, 0.4) is 0 Å². The van der Waals surface area contributed by atoms with Crippen LogP contribution in [0, 0.1) is 6.92 Å². The Morgan fingerprint density at radius 1 is 0.613 bits per heavy atom. The van der Waals surface area contributed by atoms with Gasteiger partial charge in [-0.15, -0.1) is 0 Å². The van der Waals surface area contributed by atoms with Crippen LogP contribution in [-0.4, -0.2) is 9.78 Å². The van der Waals surface area contributed by atoms with Crippen molar-refractivity contribution in [2.75, 3.05) is 5.32 Å². The number of rotatable bonds is 5. The third kappa shape index (κ3) is 3.86. The maximum Gasteiger partial charge on any atom is 0.142 e. The quantitative estimate of drug-likeness (QED) is 0.336. The molecule has 0 atom stereocenters. The minimum absolute atomic E-state index is 0.945. The Kier molecular flexibility index (Phi) is 5.07. The summed E-state index contributed by atoms with van der Waals surface area (Å²) in [4.78, 5) is 0. The van der Waals surface area contributed by atoms with Gasteiger partial charge in [-0.1, -0.05) is 96.6 Å². The van der Waals surface area contributed by atoms with Crippen molar-refractivity contribution in [3.05, 3.63) is 121 Å². The summed E-state index contributed by atoms with van der Waals surface area (Å²) in [6.45, 7) is 2.10. The number of aryl methyl sites for hydroxylation is 1. The first-order valence-electron chi connectivity index (χ1n) is 10.4. The molecule has 150 valence electrons. The summed E-state index contributed by atoms with van der Waals surface area (Å²) in [5.41, 5.74) is 7.51. The van der Waals surface area contributed by atoms with Crippen molar-refractivity contribution in [2.24, 2.45) is 0 Å². The zero-order chi connectivity index (χ0) is 21.0. The van der Waals surface area contributed by atoms with Gasteiger partial charge in [0.05, 0.1) is 11.3 Å². The van der Waals surface area contributed by atoms with Crippen LogP contribution < -0.4 is 5.32 Å². The molecule has 1 heterocycles. The smallest absolute Gasteiger partial charge is 0.142 e. The number of hydrogen-bond acceptors (Lipinski definition) is 2. The van der Waals surface area contributed by atoms with Crippen LogP contribution in [0.4, 0.5) is 11.5 Å².